The van der Waals surface area contributed by atoms with Crippen LogP contribution >= 0.6 is 15.9 Å². The van der Waals surface area contributed by atoms with Gasteiger partial charge in [0, 0.05) is 17.0 Å². The van der Waals surface area contributed by atoms with E-state index in [4.69, 9.17) is 4.74 Å². The summed E-state index contributed by atoms with van der Waals surface area (Å²) in [7, 11) is 0. The van der Waals surface area contributed by atoms with E-state index in [2.05, 4.69) is 26.5 Å². The Bertz CT molecular complexity index is 712. The molecular weight excluding hydrogens is 348 g/mol. The van der Waals surface area contributed by atoms with Crippen LogP contribution in [0.25, 0.3) is 0 Å². The molecule has 0 atom stereocenters. The molecule has 2 rings (SSSR count). The summed E-state index contributed by atoms with van der Waals surface area (Å²) in [5, 5.41) is 3.89. The minimum absolute atomic E-state index is 0.297. The summed E-state index contributed by atoms with van der Waals surface area (Å²) in [5.41, 5.74) is 3.73. The van der Waals surface area contributed by atoms with E-state index in [1.807, 2.05) is 6.07 Å². The van der Waals surface area contributed by atoms with E-state index >= 15 is 0 Å². The lowest BCUT2D eigenvalue weighted by molar-refractivity contribution is -0.131. The number of carbonyl (C=O) groups excluding carboxylic acids is 2. The second kappa shape index (κ2) is 7.51. The number of hydrogen-bond donors (Lipinski definition) is 1. The molecule has 0 heterocycles. The third-order valence-electron chi connectivity index (χ3n) is 2.61. The van der Waals surface area contributed by atoms with Crippen LogP contribution in [0.4, 0.5) is 0 Å². The van der Waals surface area contributed by atoms with E-state index < -0.39 is 0 Å². The van der Waals surface area contributed by atoms with Crippen LogP contribution in [0.5, 0.6) is 5.75 Å². The van der Waals surface area contributed by atoms with Crippen molar-refractivity contribution in [1.29, 1.82) is 0 Å². The van der Waals surface area contributed by atoms with Gasteiger partial charge in [-0.2, -0.15) is 5.10 Å². The number of halogens is 1. The zero-order valence-corrected chi connectivity index (χ0v) is 13.3. The van der Waals surface area contributed by atoms with Gasteiger partial charge in [-0.3, -0.25) is 9.59 Å². The fraction of sp³-hybridized carbons (Fsp3) is 0.0625. The van der Waals surface area contributed by atoms with Crippen molar-refractivity contribution in [2.24, 2.45) is 5.10 Å². The second-order valence-electron chi connectivity index (χ2n) is 4.37. The highest BCUT2D eigenvalue weighted by atomic mass is 79.9. The molecule has 0 aliphatic rings. The maximum Gasteiger partial charge on any atom is 0.308 e. The van der Waals surface area contributed by atoms with Crippen molar-refractivity contribution in [3.05, 3.63) is 64.1 Å². The molecule has 0 radical (unpaired) electrons. The van der Waals surface area contributed by atoms with Gasteiger partial charge in [0.2, 0.25) is 0 Å². The first kappa shape index (κ1) is 15.9. The first-order valence-corrected chi connectivity index (χ1v) is 7.21. The van der Waals surface area contributed by atoms with E-state index in [1.54, 1.807) is 42.5 Å². The molecule has 22 heavy (non-hydrogen) atoms. The maximum absolute atomic E-state index is 11.9. The van der Waals surface area contributed by atoms with Crippen LogP contribution in [-0.4, -0.2) is 18.1 Å². The van der Waals surface area contributed by atoms with Gasteiger partial charge in [0.1, 0.15) is 5.75 Å². The van der Waals surface area contributed by atoms with Gasteiger partial charge < -0.3 is 4.74 Å². The number of hydrogen-bond acceptors (Lipinski definition) is 4. The third-order valence-corrected chi connectivity index (χ3v) is 3.10. The number of rotatable bonds is 4. The predicted octanol–water partition coefficient (Wildman–Crippen LogP) is 3.14. The van der Waals surface area contributed by atoms with Crippen LogP contribution in [0, 0.1) is 0 Å². The molecule has 1 amide bonds. The summed E-state index contributed by atoms with van der Waals surface area (Å²) < 4.78 is 5.75. The van der Waals surface area contributed by atoms with Gasteiger partial charge in [0.05, 0.1) is 6.21 Å². The fourth-order valence-corrected chi connectivity index (χ4v) is 2.05. The van der Waals surface area contributed by atoms with Gasteiger partial charge >= 0.3 is 5.97 Å². The molecule has 0 saturated carbocycles. The number of nitrogens with one attached hydrogen (secondary N) is 1. The lowest BCUT2D eigenvalue weighted by Gasteiger charge is -2.01. The molecule has 2 aromatic carbocycles. The molecule has 0 unspecified atom stereocenters. The molecule has 6 heteroatoms. The van der Waals surface area contributed by atoms with Crippen molar-refractivity contribution < 1.29 is 14.3 Å². The van der Waals surface area contributed by atoms with Crippen LogP contribution in [0.2, 0.25) is 0 Å². The molecule has 0 saturated heterocycles. The summed E-state index contributed by atoms with van der Waals surface area (Å²) in [6.07, 6.45) is 1.51. The van der Waals surface area contributed by atoms with Crippen molar-refractivity contribution >= 4 is 34.0 Å². The number of hydrazone groups is 1. The third kappa shape index (κ3) is 4.82. The zero-order valence-electron chi connectivity index (χ0n) is 11.7. The first-order valence-electron chi connectivity index (χ1n) is 6.42. The van der Waals surface area contributed by atoms with Crippen molar-refractivity contribution in [2.45, 2.75) is 6.92 Å². The van der Waals surface area contributed by atoms with Crippen molar-refractivity contribution in [3.63, 3.8) is 0 Å². The number of amides is 1. The second-order valence-corrected chi connectivity index (χ2v) is 5.29. The number of nitrogens with zero attached hydrogens (tertiary/aromatic N) is 1. The Hall–Kier alpha value is -2.47. The molecule has 112 valence electrons. The van der Waals surface area contributed by atoms with Gasteiger partial charge in [-0.1, -0.05) is 22.0 Å². The topological polar surface area (TPSA) is 67.8 Å². The Balaban J connectivity index is 1.94. The molecule has 1 N–H and O–H groups in total. The molecular formula is C16H13BrN2O3. The van der Waals surface area contributed by atoms with Crippen molar-refractivity contribution in [3.8, 4) is 5.75 Å². The Morgan fingerprint density at radius 1 is 1.18 bits per heavy atom. The van der Waals surface area contributed by atoms with Crippen LogP contribution in [0.1, 0.15) is 22.8 Å². The molecule has 0 aliphatic carbocycles. The summed E-state index contributed by atoms with van der Waals surface area (Å²) in [5.74, 6) is -0.209. The smallest absolute Gasteiger partial charge is 0.308 e. The van der Waals surface area contributed by atoms with Gasteiger partial charge in [-0.05, 0) is 48.0 Å². The molecule has 0 spiro atoms. The largest absolute Gasteiger partial charge is 0.427 e. The highest BCUT2D eigenvalue weighted by Gasteiger charge is 2.03. The highest BCUT2D eigenvalue weighted by molar-refractivity contribution is 9.10. The molecule has 5 nitrogen and oxygen atoms in total. The fourth-order valence-electron chi connectivity index (χ4n) is 1.65. The molecule has 0 aliphatic heterocycles. The first-order chi connectivity index (χ1) is 10.5. The quantitative estimate of drug-likeness (QED) is 0.394. The number of carbonyl (C=O) groups is 2. The minimum Gasteiger partial charge on any atom is -0.427 e. The van der Waals surface area contributed by atoms with Crippen LogP contribution < -0.4 is 10.2 Å². The van der Waals surface area contributed by atoms with E-state index in [9.17, 15) is 9.59 Å². The van der Waals surface area contributed by atoms with Crippen LogP contribution in [0.3, 0.4) is 0 Å². The Morgan fingerprint density at radius 2 is 1.91 bits per heavy atom. The zero-order chi connectivity index (χ0) is 15.9. The summed E-state index contributed by atoms with van der Waals surface area (Å²) in [4.78, 5) is 22.7. The van der Waals surface area contributed by atoms with E-state index in [1.165, 1.54) is 13.1 Å². The predicted molar refractivity (Wildman–Crippen MR) is 87.0 cm³/mol. The van der Waals surface area contributed by atoms with Crippen LogP contribution in [0.15, 0.2) is 58.1 Å². The highest BCUT2D eigenvalue weighted by Crippen LogP contribution is 2.12. The van der Waals surface area contributed by atoms with Gasteiger partial charge in [-0.25, -0.2) is 5.43 Å². The molecule has 0 fully saturated rings. The summed E-state index contributed by atoms with van der Waals surface area (Å²) >= 11 is 3.30. The Kier molecular flexibility index (Phi) is 5.43. The average Bonchev–Trinajstić information content (AvgIpc) is 2.48. The summed E-state index contributed by atoms with van der Waals surface area (Å²) in [6.45, 7) is 1.34. The lowest BCUT2D eigenvalue weighted by Crippen LogP contribution is -2.17. The number of esters is 1. The normalized spacial score (nSPS) is 10.5. The average molecular weight is 361 g/mol. The van der Waals surface area contributed by atoms with E-state index in [0.717, 1.165) is 10.0 Å². The van der Waals surface area contributed by atoms with Crippen LogP contribution in [-0.2, 0) is 4.79 Å². The van der Waals surface area contributed by atoms with Gasteiger partial charge in [0.15, 0.2) is 0 Å². The Labute approximate surface area is 136 Å². The van der Waals surface area contributed by atoms with E-state index in [0.29, 0.717) is 11.3 Å². The SMILES string of the molecule is CC(=O)Oc1ccc(/C=N\NC(=O)c2cccc(Br)c2)cc1. The van der Waals surface area contributed by atoms with Gasteiger partial charge in [-0.15, -0.1) is 0 Å². The standard InChI is InChI=1S/C16H13BrN2O3/c1-11(20)22-15-7-5-12(6-8-15)10-18-19-16(21)13-3-2-4-14(17)9-13/h2-10H,1H3,(H,19,21)/b18-10-. The monoisotopic (exact) mass is 360 g/mol. The summed E-state index contributed by atoms with van der Waals surface area (Å²) in [6, 6.07) is 13.8. The minimum atomic E-state index is -0.372. The number of ether oxygens (including phenoxy) is 1. The Morgan fingerprint density at radius 3 is 2.55 bits per heavy atom. The molecule has 0 bridgehead atoms. The van der Waals surface area contributed by atoms with Gasteiger partial charge in [0.25, 0.3) is 5.91 Å². The van der Waals surface area contributed by atoms with E-state index in [-0.39, 0.29) is 11.9 Å². The molecule has 0 aromatic heterocycles. The van der Waals surface area contributed by atoms with Crippen molar-refractivity contribution in [1.82, 2.24) is 5.43 Å². The van der Waals surface area contributed by atoms with Crippen molar-refractivity contribution in [2.75, 3.05) is 0 Å². The molecule has 2 aromatic rings. The number of benzene rings is 2. The maximum atomic E-state index is 11.9. The lowest BCUT2D eigenvalue weighted by atomic mass is 10.2.